The van der Waals surface area contributed by atoms with Crippen LogP contribution in [0.25, 0.3) is 11.1 Å². The summed E-state index contributed by atoms with van der Waals surface area (Å²) in [5.74, 6) is 0.0543. The molecule has 0 N–H and O–H groups in total. The van der Waals surface area contributed by atoms with E-state index in [1.165, 1.54) is 6.20 Å². The zero-order chi connectivity index (χ0) is 20.4. The third kappa shape index (κ3) is 3.83. The summed E-state index contributed by atoms with van der Waals surface area (Å²) in [6.07, 6.45) is 5.48. The van der Waals surface area contributed by atoms with Crippen LogP contribution >= 0.6 is 0 Å². The van der Waals surface area contributed by atoms with Crippen molar-refractivity contribution in [2.24, 2.45) is 0 Å². The second kappa shape index (κ2) is 7.98. The Labute approximate surface area is 168 Å². The average Bonchev–Trinajstić information content (AvgIpc) is 3.02. The van der Waals surface area contributed by atoms with Crippen LogP contribution < -0.4 is 0 Å². The van der Waals surface area contributed by atoms with E-state index in [1.807, 2.05) is 13.8 Å². The largest absolute Gasteiger partial charge is 0.337 e. The number of pyridine rings is 2. The fourth-order valence-electron chi connectivity index (χ4n) is 3.57. The molecule has 150 valence electrons. The van der Waals surface area contributed by atoms with Gasteiger partial charge in [0.1, 0.15) is 0 Å². The molecule has 4 heterocycles. The number of aromatic nitrogens is 3. The van der Waals surface area contributed by atoms with Gasteiger partial charge in [0.2, 0.25) is 0 Å². The smallest absolute Gasteiger partial charge is 0.257 e. The van der Waals surface area contributed by atoms with Gasteiger partial charge in [-0.05, 0) is 30.5 Å². The van der Waals surface area contributed by atoms with E-state index in [2.05, 4.69) is 15.1 Å². The SMILES string of the molecule is CC(C)c1noc2ncc(C(=O)N3CCCN(C(=O)c4ccncc4)CC3)cc12. The number of rotatable bonds is 3. The van der Waals surface area contributed by atoms with E-state index >= 15 is 0 Å². The number of hydrogen-bond donors (Lipinski definition) is 0. The minimum atomic E-state index is -0.0893. The van der Waals surface area contributed by atoms with Gasteiger partial charge in [-0.3, -0.25) is 14.6 Å². The van der Waals surface area contributed by atoms with Crippen LogP contribution in [-0.4, -0.2) is 62.9 Å². The Morgan fingerprint density at radius 2 is 1.66 bits per heavy atom. The molecule has 0 unspecified atom stereocenters. The van der Waals surface area contributed by atoms with Gasteiger partial charge in [0.05, 0.1) is 16.6 Å². The maximum Gasteiger partial charge on any atom is 0.257 e. The summed E-state index contributed by atoms with van der Waals surface area (Å²) in [4.78, 5) is 37.5. The Morgan fingerprint density at radius 3 is 2.31 bits per heavy atom. The van der Waals surface area contributed by atoms with Crippen molar-refractivity contribution in [3.8, 4) is 0 Å². The Morgan fingerprint density at radius 1 is 1.00 bits per heavy atom. The summed E-state index contributed by atoms with van der Waals surface area (Å²) < 4.78 is 5.26. The van der Waals surface area contributed by atoms with Crippen LogP contribution in [0.2, 0.25) is 0 Å². The third-order valence-corrected chi connectivity index (χ3v) is 5.15. The van der Waals surface area contributed by atoms with Crippen molar-refractivity contribution in [2.45, 2.75) is 26.2 Å². The molecule has 0 radical (unpaired) electrons. The number of carbonyl (C=O) groups excluding carboxylic acids is 2. The summed E-state index contributed by atoms with van der Waals surface area (Å²) in [5.41, 5.74) is 2.36. The molecule has 0 aromatic carbocycles. The molecule has 0 aliphatic carbocycles. The quantitative estimate of drug-likeness (QED) is 0.679. The lowest BCUT2D eigenvalue weighted by atomic mass is 10.1. The van der Waals surface area contributed by atoms with Gasteiger partial charge in [-0.2, -0.15) is 0 Å². The highest BCUT2D eigenvalue weighted by Crippen LogP contribution is 2.24. The van der Waals surface area contributed by atoms with E-state index < -0.39 is 0 Å². The van der Waals surface area contributed by atoms with Gasteiger partial charge in [0, 0.05) is 50.3 Å². The first kappa shape index (κ1) is 19.0. The normalized spacial score (nSPS) is 15.0. The van der Waals surface area contributed by atoms with Crippen molar-refractivity contribution < 1.29 is 14.1 Å². The Kier molecular flexibility index (Phi) is 5.24. The molecule has 0 spiro atoms. The number of amides is 2. The lowest BCUT2D eigenvalue weighted by molar-refractivity contribution is 0.0718. The second-order valence-electron chi connectivity index (χ2n) is 7.47. The van der Waals surface area contributed by atoms with Crippen molar-refractivity contribution >= 4 is 22.9 Å². The average molecular weight is 393 g/mol. The minimum absolute atomic E-state index is 0.0316. The first-order valence-electron chi connectivity index (χ1n) is 9.78. The van der Waals surface area contributed by atoms with E-state index in [0.29, 0.717) is 43.0 Å². The second-order valence-corrected chi connectivity index (χ2v) is 7.47. The topological polar surface area (TPSA) is 92.4 Å². The predicted molar refractivity (Wildman–Crippen MR) is 107 cm³/mol. The van der Waals surface area contributed by atoms with E-state index in [0.717, 1.165) is 17.5 Å². The molecule has 29 heavy (non-hydrogen) atoms. The number of fused-ring (bicyclic) bond motifs is 1. The fourth-order valence-corrected chi connectivity index (χ4v) is 3.57. The maximum atomic E-state index is 13.1. The van der Waals surface area contributed by atoms with Crippen molar-refractivity contribution in [3.05, 3.63) is 53.6 Å². The van der Waals surface area contributed by atoms with Crippen LogP contribution in [0.1, 0.15) is 52.6 Å². The fraction of sp³-hybridized carbons (Fsp3) is 0.381. The summed E-state index contributed by atoms with van der Waals surface area (Å²) in [6.45, 7) is 6.23. The van der Waals surface area contributed by atoms with Gasteiger partial charge in [-0.15, -0.1) is 0 Å². The molecular weight excluding hydrogens is 370 g/mol. The molecule has 4 rings (SSSR count). The lowest BCUT2D eigenvalue weighted by Gasteiger charge is -2.22. The molecule has 0 bridgehead atoms. The zero-order valence-corrected chi connectivity index (χ0v) is 16.5. The van der Waals surface area contributed by atoms with Gasteiger partial charge in [-0.1, -0.05) is 19.0 Å². The number of carbonyl (C=O) groups is 2. The number of hydrogen-bond acceptors (Lipinski definition) is 6. The summed E-state index contributed by atoms with van der Waals surface area (Å²) >= 11 is 0. The Balaban J connectivity index is 1.49. The van der Waals surface area contributed by atoms with Gasteiger partial charge < -0.3 is 14.3 Å². The van der Waals surface area contributed by atoms with Crippen LogP contribution in [0.3, 0.4) is 0 Å². The predicted octanol–water partition coefficient (Wildman–Crippen LogP) is 2.73. The molecule has 1 fully saturated rings. The van der Waals surface area contributed by atoms with Gasteiger partial charge in [0.15, 0.2) is 0 Å². The molecule has 2 amide bonds. The first-order valence-corrected chi connectivity index (χ1v) is 9.78. The van der Waals surface area contributed by atoms with Crippen LogP contribution in [0.15, 0.2) is 41.3 Å². The van der Waals surface area contributed by atoms with Crippen LogP contribution in [0.5, 0.6) is 0 Å². The van der Waals surface area contributed by atoms with Crippen molar-refractivity contribution in [2.75, 3.05) is 26.2 Å². The van der Waals surface area contributed by atoms with Crippen LogP contribution in [-0.2, 0) is 0 Å². The highest BCUT2D eigenvalue weighted by atomic mass is 16.5. The molecule has 3 aromatic heterocycles. The zero-order valence-electron chi connectivity index (χ0n) is 16.5. The monoisotopic (exact) mass is 393 g/mol. The summed E-state index contributed by atoms with van der Waals surface area (Å²) in [5, 5.41) is 4.84. The minimum Gasteiger partial charge on any atom is -0.337 e. The highest BCUT2D eigenvalue weighted by Gasteiger charge is 2.24. The maximum absolute atomic E-state index is 13.1. The summed E-state index contributed by atoms with van der Waals surface area (Å²) in [6, 6.07) is 5.23. The van der Waals surface area contributed by atoms with Crippen LogP contribution in [0, 0.1) is 0 Å². The molecule has 1 saturated heterocycles. The standard InChI is InChI=1S/C21H23N5O3/c1-14(2)18-17-12-16(13-23-19(17)29-24-18)21(28)26-9-3-8-25(10-11-26)20(27)15-4-6-22-7-5-15/h4-7,12-14H,3,8-11H2,1-2H3. The van der Waals surface area contributed by atoms with Gasteiger partial charge >= 0.3 is 0 Å². The van der Waals surface area contributed by atoms with Crippen molar-refractivity contribution in [1.29, 1.82) is 0 Å². The molecule has 3 aromatic rings. The van der Waals surface area contributed by atoms with Gasteiger partial charge in [0.25, 0.3) is 17.5 Å². The molecule has 1 aliphatic heterocycles. The molecule has 1 aliphatic rings. The summed E-state index contributed by atoms with van der Waals surface area (Å²) in [7, 11) is 0. The number of nitrogens with zero attached hydrogens (tertiary/aromatic N) is 5. The lowest BCUT2D eigenvalue weighted by Crippen LogP contribution is -2.37. The Bertz CT molecular complexity index is 1030. The van der Waals surface area contributed by atoms with Crippen LogP contribution in [0.4, 0.5) is 0 Å². The van der Waals surface area contributed by atoms with Gasteiger partial charge in [-0.25, -0.2) is 4.98 Å². The molecular formula is C21H23N5O3. The molecule has 0 saturated carbocycles. The van der Waals surface area contributed by atoms with E-state index in [9.17, 15) is 9.59 Å². The first-order chi connectivity index (χ1) is 14.0. The van der Waals surface area contributed by atoms with E-state index in [1.54, 1.807) is 40.4 Å². The van der Waals surface area contributed by atoms with E-state index in [-0.39, 0.29) is 17.7 Å². The van der Waals surface area contributed by atoms with Crippen molar-refractivity contribution in [3.63, 3.8) is 0 Å². The molecule has 0 atom stereocenters. The molecule has 8 nitrogen and oxygen atoms in total. The third-order valence-electron chi connectivity index (χ3n) is 5.15. The molecule has 8 heteroatoms. The Hall–Kier alpha value is -3.29. The highest BCUT2D eigenvalue weighted by molar-refractivity contribution is 5.97. The van der Waals surface area contributed by atoms with Crippen molar-refractivity contribution in [1.82, 2.24) is 24.9 Å². The van der Waals surface area contributed by atoms with E-state index in [4.69, 9.17) is 4.52 Å².